The summed E-state index contributed by atoms with van der Waals surface area (Å²) in [5, 5.41) is 3.76. The molecule has 0 saturated heterocycles. The van der Waals surface area contributed by atoms with Gasteiger partial charge in [-0.2, -0.15) is 0 Å². The summed E-state index contributed by atoms with van der Waals surface area (Å²) in [4.78, 5) is 17.6. The molecular weight excluding hydrogens is 286 g/mol. The molecule has 0 saturated carbocycles. The number of hydrogen-bond donors (Lipinski definition) is 1. The molecule has 0 fully saturated rings. The number of hydrogen-bond acceptors (Lipinski definition) is 5. The molecule has 3 rings (SSSR count). The molecule has 6 heteroatoms. The van der Waals surface area contributed by atoms with Gasteiger partial charge in [0.25, 0.3) is 0 Å². The molecule has 0 atom stereocenters. The molecule has 5 nitrogen and oxygen atoms in total. The average Bonchev–Trinajstić information content (AvgIpc) is 2.91. The van der Waals surface area contributed by atoms with Crippen molar-refractivity contribution in [2.45, 2.75) is 39.5 Å². The fourth-order valence-corrected chi connectivity index (χ4v) is 2.82. The fourth-order valence-electron chi connectivity index (χ4n) is 2.67. The summed E-state index contributed by atoms with van der Waals surface area (Å²) < 4.78 is 0. The third kappa shape index (κ3) is 3.13. The van der Waals surface area contributed by atoms with E-state index in [2.05, 4.69) is 32.2 Å². The first-order valence-electron chi connectivity index (χ1n) is 7.22. The number of halogens is 1. The zero-order valence-electron chi connectivity index (χ0n) is 12.3. The van der Waals surface area contributed by atoms with Crippen LogP contribution in [-0.2, 0) is 19.3 Å². The van der Waals surface area contributed by atoms with Crippen molar-refractivity contribution >= 4 is 17.4 Å². The number of aryl methyl sites for hydroxylation is 3. The predicted molar refractivity (Wildman–Crippen MR) is 82.8 cm³/mol. The molecule has 1 N–H and O–H groups in total. The van der Waals surface area contributed by atoms with E-state index in [1.165, 1.54) is 17.7 Å². The van der Waals surface area contributed by atoms with E-state index in [-0.39, 0.29) is 0 Å². The summed E-state index contributed by atoms with van der Waals surface area (Å²) in [5.41, 5.74) is 3.71. The van der Waals surface area contributed by atoms with Crippen LogP contribution in [0.1, 0.15) is 35.0 Å². The van der Waals surface area contributed by atoms with Crippen LogP contribution in [0.2, 0.25) is 5.02 Å². The molecule has 0 aliphatic heterocycles. The zero-order valence-corrected chi connectivity index (χ0v) is 13.0. The van der Waals surface area contributed by atoms with Gasteiger partial charge in [0.15, 0.2) is 0 Å². The van der Waals surface area contributed by atoms with Gasteiger partial charge in [0, 0.05) is 24.4 Å². The van der Waals surface area contributed by atoms with Crippen LogP contribution in [0.3, 0.4) is 0 Å². The Morgan fingerprint density at radius 2 is 2.05 bits per heavy atom. The van der Waals surface area contributed by atoms with Gasteiger partial charge in [-0.05, 0) is 38.7 Å². The Bertz CT molecular complexity index is 671. The second kappa shape index (κ2) is 5.93. The van der Waals surface area contributed by atoms with Gasteiger partial charge in [-0.1, -0.05) is 11.6 Å². The first kappa shape index (κ1) is 14.2. The minimum absolute atomic E-state index is 0.534. The van der Waals surface area contributed by atoms with Crippen molar-refractivity contribution in [1.29, 1.82) is 0 Å². The maximum atomic E-state index is 6.06. The van der Waals surface area contributed by atoms with Gasteiger partial charge < -0.3 is 5.32 Å². The normalized spacial score (nSPS) is 13.3. The van der Waals surface area contributed by atoms with Crippen LogP contribution in [0, 0.1) is 13.8 Å². The lowest BCUT2D eigenvalue weighted by Gasteiger charge is -2.09. The lowest BCUT2D eigenvalue weighted by atomic mass is 10.2. The van der Waals surface area contributed by atoms with E-state index in [0.717, 1.165) is 30.8 Å². The van der Waals surface area contributed by atoms with E-state index < -0.39 is 0 Å². The topological polar surface area (TPSA) is 63.6 Å². The van der Waals surface area contributed by atoms with Crippen molar-refractivity contribution in [2.24, 2.45) is 0 Å². The molecule has 0 amide bonds. The van der Waals surface area contributed by atoms with Crippen molar-refractivity contribution in [3.8, 4) is 0 Å². The SMILES string of the molecule is Cc1ncc(Cl)c(NCCc2nc(C)c3c(n2)CCC3)n1. The minimum Gasteiger partial charge on any atom is -0.368 e. The molecule has 1 aliphatic carbocycles. The Balaban J connectivity index is 1.66. The minimum atomic E-state index is 0.534. The van der Waals surface area contributed by atoms with Crippen LogP contribution >= 0.6 is 11.6 Å². The molecule has 21 heavy (non-hydrogen) atoms. The zero-order chi connectivity index (χ0) is 14.8. The first-order chi connectivity index (χ1) is 10.1. The number of nitrogens with zero attached hydrogens (tertiary/aromatic N) is 4. The summed E-state index contributed by atoms with van der Waals surface area (Å²) in [6.07, 6.45) is 5.77. The number of fused-ring (bicyclic) bond motifs is 1. The molecule has 0 aromatic carbocycles. The Hall–Kier alpha value is -1.75. The Kier molecular flexibility index (Phi) is 4.01. The van der Waals surface area contributed by atoms with Gasteiger partial charge in [0.05, 0.1) is 6.20 Å². The van der Waals surface area contributed by atoms with E-state index in [1.807, 2.05) is 6.92 Å². The molecule has 110 valence electrons. The average molecular weight is 304 g/mol. The smallest absolute Gasteiger partial charge is 0.148 e. The summed E-state index contributed by atoms with van der Waals surface area (Å²) >= 11 is 6.06. The number of nitrogens with one attached hydrogen (secondary N) is 1. The first-order valence-corrected chi connectivity index (χ1v) is 7.59. The number of anilines is 1. The fraction of sp³-hybridized carbons (Fsp3) is 0.467. The van der Waals surface area contributed by atoms with Crippen LogP contribution in [-0.4, -0.2) is 26.5 Å². The van der Waals surface area contributed by atoms with Gasteiger partial charge in [-0.15, -0.1) is 0 Å². The molecular formula is C15H18ClN5. The van der Waals surface area contributed by atoms with E-state index in [4.69, 9.17) is 11.6 Å². The lowest BCUT2D eigenvalue weighted by Crippen LogP contribution is -2.11. The highest BCUT2D eigenvalue weighted by Crippen LogP contribution is 2.22. The Morgan fingerprint density at radius 1 is 1.19 bits per heavy atom. The van der Waals surface area contributed by atoms with Crippen LogP contribution < -0.4 is 5.32 Å². The van der Waals surface area contributed by atoms with Crippen LogP contribution in [0.5, 0.6) is 0 Å². The van der Waals surface area contributed by atoms with Crippen LogP contribution in [0.25, 0.3) is 0 Å². The van der Waals surface area contributed by atoms with Crippen molar-refractivity contribution in [2.75, 3.05) is 11.9 Å². The number of rotatable bonds is 4. The van der Waals surface area contributed by atoms with E-state index in [9.17, 15) is 0 Å². The van der Waals surface area contributed by atoms with E-state index in [0.29, 0.717) is 23.2 Å². The van der Waals surface area contributed by atoms with Crippen molar-refractivity contribution in [3.05, 3.63) is 39.8 Å². The van der Waals surface area contributed by atoms with Crippen molar-refractivity contribution < 1.29 is 0 Å². The molecule has 2 aromatic heterocycles. The van der Waals surface area contributed by atoms with Crippen LogP contribution in [0.4, 0.5) is 5.82 Å². The second-order valence-electron chi connectivity index (χ2n) is 5.29. The standard InChI is InChI=1S/C15H18ClN5/c1-9-11-4-3-5-13(11)21-14(19-9)6-7-17-15-12(16)8-18-10(2)20-15/h8H,3-7H2,1-2H3,(H,17,18,20). The molecule has 1 aliphatic rings. The molecule has 0 spiro atoms. The summed E-state index contributed by atoms with van der Waals surface area (Å²) in [7, 11) is 0. The quantitative estimate of drug-likeness (QED) is 0.941. The van der Waals surface area contributed by atoms with Crippen molar-refractivity contribution in [1.82, 2.24) is 19.9 Å². The van der Waals surface area contributed by atoms with Gasteiger partial charge in [0.1, 0.15) is 22.5 Å². The molecule has 0 radical (unpaired) electrons. The van der Waals surface area contributed by atoms with E-state index >= 15 is 0 Å². The number of aromatic nitrogens is 4. The van der Waals surface area contributed by atoms with Gasteiger partial charge in [0.2, 0.25) is 0 Å². The Morgan fingerprint density at radius 3 is 2.90 bits per heavy atom. The molecule has 2 heterocycles. The summed E-state index contributed by atoms with van der Waals surface area (Å²) in [5.74, 6) is 2.26. The molecule has 0 bridgehead atoms. The third-order valence-corrected chi connectivity index (χ3v) is 3.97. The highest BCUT2D eigenvalue weighted by Gasteiger charge is 2.16. The Labute approximate surface area is 129 Å². The largest absolute Gasteiger partial charge is 0.368 e. The van der Waals surface area contributed by atoms with Gasteiger partial charge in [-0.25, -0.2) is 19.9 Å². The van der Waals surface area contributed by atoms with E-state index in [1.54, 1.807) is 6.20 Å². The van der Waals surface area contributed by atoms with Gasteiger partial charge >= 0.3 is 0 Å². The summed E-state index contributed by atoms with van der Waals surface area (Å²) in [6.45, 7) is 4.62. The maximum absolute atomic E-state index is 6.06. The monoisotopic (exact) mass is 303 g/mol. The maximum Gasteiger partial charge on any atom is 0.148 e. The summed E-state index contributed by atoms with van der Waals surface area (Å²) in [6, 6.07) is 0. The molecule has 2 aromatic rings. The highest BCUT2D eigenvalue weighted by atomic mass is 35.5. The lowest BCUT2D eigenvalue weighted by molar-refractivity contribution is 0.844. The molecule has 0 unspecified atom stereocenters. The third-order valence-electron chi connectivity index (χ3n) is 3.69. The predicted octanol–water partition coefficient (Wildman–Crippen LogP) is 2.68. The van der Waals surface area contributed by atoms with Gasteiger partial charge in [-0.3, -0.25) is 0 Å². The van der Waals surface area contributed by atoms with Crippen LogP contribution in [0.15, 0.2) is 6.20 Å². The second-order valence-corrected chi connectivity index (χ2v) is 5.70. The highest BCUT2D eigenvalue weighted by molar-refractivity contribution is 6.32. The van der Waals surface area contributed by atoms with Crippen molar-refractivity contribution in [3.63, 3.8) is 0 Å².